The van der Waals surface area contributed by atoms with Crippen molar-refractivity contribution in [2.45, 2.75) is 25.9 Å². The molecule has 0 heterocycles. The highest BCUT2D eigenvalue weighted by Gasteiger charge is 2.09. The number of anilines is 2. The smallest absolute Gasteiger partial charge is 0.319 e. The molecule has 0 radical (unpaired) electrons. The molecular formula is C14H23N3O2. The lowest BCUT2D eigenvalue weighted by Crippen LogP contribution is -2.35. The van der Waals surface area contributed by atoms with Gasteiger partial charge in [-0.25, -0.2) is 4.79 Å². The first-order valence-corrected chi connectivity index (χ1v) is 6.53. The van der Waals surface area contributed by atoms with Gasteiger partial charge < -0.3 is 20.6 Å². The molecule has 3 N–H and O–H groups in total. The third-order valence-electron chi connectivity index (χ3n) is 2.75. The van der Waals surface area contributed by atoms with Crippen molar-refractivity contribution in [3.05, 3.63) is 24.3 Å². The second kappa shape index (κ2) is 7.63. The fraction of sp³-hybridized carbons (Fsp3) is 0.500. The first-order chi connectivity index (χ1) is 9.04. The molecule has 0 aliphatic heterocycles. The third kappa shape index (κ3) is 5.18. The number of amides is 2. The van der Waals surface area contributed by atoms with Gasteiger partial charge in [0.15, 0.2) is 0 Å². The van der Waals surface area contributed by atoms with Gasteiger partial charge in [0.05, 0.1) is 17.5 Å². The number of aliphatic hydroxyl groups is 1. The second-order valence-corrected chi connectivity index (χ2v) is 4.69. The van der Waals surface area contributed by atoms with Crippen LogP contribution in [0.2, 0.25) is 0 Å². The molecule has 0 aromatic heterocycles. The van der Waals surface area contributed by atoms with Gasteiger partial charge in [0.25, 0.3) is 0 Å². The molecule has 0 bridgehead atoms. The summed E-state index contributed by atoms with van der Waals surface area (Å²) in [6, 6.07) is 7.26. The highest BCUT2D eigenvalue weighted by Crippen LogP contribution is 2.23. The Bertz CT molecular complexity index is 407. The normalized spacial score (nSPS) is 11.8. The Labute approximate surface area is 114 Å². The lowest BCUT2D eigenvalue weighted by atomic mass is 10.2. The van der Waals surface area contributed by atoms with E-state index in [0.717, 1.165) is 17.8 Å². The zero-order chi connectivity index (χ0) is 14.3. The molecule has 0 spiro atoms. The van der Waals surface area contributed by atoms with E-state index in [1.54, 1.807) is 0 Å². The van der Waals surface area contributed by atoms with E-state index in [1.807, 2.05) is 50.2 Å². The zero-order valence-corrected chi connectivity index (χ0v) is 11.8. The Balaban J connectivity index is 2.53. The van der Waals surface area contributed by atoms with Crippen molar-refractivity contribution in [2.24, 2.45) is 0 Å². The van der Waals surface area contributed by atoms with Crippen LogP contribution < -0.4 is 15.5 Å². The zero-order valence-electron chi connectivity index (χ0n) is 11.8. The van der Waals surface area contributed by atoms with Crippen molar-refractivity contribution in [2.75, 3.05) is 30.9 Å². The Morgan fingerprint density at radius 3 is 2.68 bits per heavy atom. The topological polar surface area (TPSA) is 64.6 Å². The number of hydrogen-bond acceptors (Lipinski definition) is 3. The molecule has 2 amide bonds. The van der Waals surface area contributed by atoms with Gasteiger partial charge in [0.1, 0.15) is 0 Å². The van der Waals surface area contributed by atoms with E-state index in [1.165, 1.54) is 0 Å². The summed E-state index contributed by atoms with van der Waals surface area (Å²) < 4.78 is 0. The van der Waals surface area contributed by atoms with E-state index >= 15 is 0 Å². The van der Waals surface area contributed by atoms with Crippen LogP contribution in [0.15, 0.2) is 24.3 Å². The number of nitrogens with zero attached hydrogens (tertiary/aromatic N) is 1. The highest BCUT2D eigenvalue weighted by atomic mass is 16.3. The number of rotatable bonds is 6. The Morgan fingerprint density at radius 1 is 1.37 bits per heavy atom. The summed E-state index contributed by atoms with van der Waals surface area (Å²) in [5.74, 6) is 0. The van der Waals surface area contributed by atoms with E-state index in [9.17, 15) is 9.90 Å². The Hall–Kier alpha value is -1.75. The van der Waals surface area contributed by atoms with E-state index in [0.29, 0.717) is 6.42 Å². The van der Waals surface area contributed by atoms with Crippen LogP contribution in [0.3, 0.4) is 0 Å². The van der Waals surface area contributed by atoms with Crippen LogP contribution in [0.5, 0.6) is 0 Å². The van der Waals surface area contributed by atoms with E-state index < -0.39 is 6.10 Å². The van der Waals surface area contributed by atoms with Gasteiger partial charge in [-0.3, -0.25) is 0 Å². The van der Waals surface area contributed by atoms with Crippen molar-refractivity contribution in [3.63, 3.8) is 0 Å². The third-order valence-corrected chi connectivity index (χ3v) is 2.75. The number of para-hydroxylation sites is 2. The van der Waals surface area contributed by atoms with Crippen LogP contribution in [-0.4, -0.2) is 37.9 Å². The maximum absolute atomic E-state index is 11.7. The number of aliphatic hydroxyl groups excluding tert-OH is 1. The molecule has 0 fully saturated rings. The predicted octanol–water partition coefficient (Wildman–Crippen LogP) is 2.04. The second-order valence-electron chi connectivity index (χ2n) is 4.69. The summed E-state index contributed by atoms with van der Waals surface area (Å²) in [6.07, 6.45) is 1.10. The van der Waals surface area contributed by atoms with Crippen LogP contribution in [0.4, 0.5) is 16.2 Å². The highest BCUT2D eigenvalue weighted by molar-refractivity contribution is 5.93. The molecule has 0 saturated heterocycles. The lowest BCUT2D eigenvalue weighted by molar-refractivity contribution is 0.162. The molecule has 106 valence electrons. The monoisotopic (exact) mass is 265 g/mol. The Morgan fingerprint density at radius 2 is 2.05 bits per heavy atom. The van der Waals surface area contributed by atoms with Crippen LogP contribution in [0, 0.1) is 0 Å². The van der Waals surface area contributed by atoms with Gasteiger partial charge in [0, 0.05) is 20.6 Å². The summed E-state index contributed by atoms with van der Waals surface area (Å²) in [5, 5.41) is 15.0. The molecule has 5 heteroatoms. The first-order valence-electron chi connectivity index (χ1n) is 6.53. The fourth-order valence-corrected chi connectivity index (χ4v) is 1.78. The number of hydrogen-bond donors (Lipinski definition) is 3. The Kier molecular flexibility index (Phi) is 6.15. The standard InChI is InChI=1S/C14H23N3O2/c1-4-7-11(18)10-15-14(19)16-12-8-5-6-9-13(12)17(2)3/h5-6,8-9,11,18H,4,7,10H2,1-3H3,(H2,15,16,19). The summed E-state index contributed by atoms with van der Waals surface area (Å²) in [7, 11) is 3.84. The minimum atomic E-state index is -0.486. The molecule has 1 atom stereocenters. The predicted molar refractivity (Wildman–Crippen MR) is 78.7 cm³/mol. The van der Waals surface area contributed by atoms with Gasteiger partial charge in [0.2, 0.25) is 0 Å². The number of urea groups is 1. The minimum absolute atomic E-state index is 0.268. The minimum Gasteiger partial charge on any atom is -0.391 e. The quantitative estimate of drug-likeness (QED) is 0.737. The molecule has 5 nitrogen and oxygen atoms in total. The number of carbonyl (C=O) groups excluding carboxylic acids is 1. The summed E-state index contributed by atoms with van der Waals surface area (Å²) in [6.45, 7) is 2.26. The van der Waals surface area contributed by atoms with Crippen molar-refractivity contribution in [1.82, 2.24) is 5.32 Å². The molecule has 0 aliphatic rings. The van der Waals surface area contributed by atoms with Gasteiger partial charge >= 0.3 is 6.03 Å². The maximum Gasteiger partial charge on any atom is 0.319 e. The van der Waals surface area contributed by atoms with E-state index in [-0.39, 0.29) is 12.6 Å². The van der Waals surface area contributed by atoms with Crippen LogP contribution >= 0.6 is 0 Å². The van der Waals surface area contributed by atoms with E-state index in [2.05, 4.69) is 10.6 Å². The number of nitrogens with one attached hydrogen (secondary N) is 2. The van der Waals surface area contributed by atoms with Crippen LogP contribution in [0.25, 0.3) is 0 Å². The summed E-state index contributed by atoms with van der Waals surface area (Å²) >= 11 is 0. The van der Waals surface area contributed by atoms with Crippen LogP contribution in [-0.2, 0) is 0 Å². The van der Waals surface area contributed by atoms with Crippen molar-refractivity contribution >= 4 is 17.4 Å². The van der Waals surface area contributed by atoms with Gasteiger partial charge in [-0.15, -0.1) is 0 Å². The molecule has 1 aromatic rings. The average molecular weight is 265 g/mol. The average Bonchev–Trinajstić information content (AvgIpc) is 2.37. The van der Waals surface area contributed by atoms with Gasteiger partial charge in [-0.2, -0.15) is 0 Å². The summed E-state index contributed by atoms with van der Waals surface area (Å²) in [4.78, 5) is 13.7. The largest absolute Gasteiger partial charge is 0.391 e. The maximum atomic E-state index is 11.7. The molecule has 19 heavy (non-hydrogen) atoms. The van der Waals surface area contributed by atoms with Crippen molar-refractivity contribution in [3.8, 4) is 0 Å². The van der Waals surface area contributed by atoms with Crippen molar-refractivity contribution in [1.29, 1.82) is 0 Å². The lowest BCUT2D eigenvalue weighted by Gasteiger charge is -2.18. The molecule has 0 aliphatic carbocycles. The number of carbonyl (C=O) groups is 1. The molecule has 1 aromatic carbocycles. The molecule has 1 unspecified atom stereocenters. The fourth-order valence-electron chi connectivity index (χ4n) is 1.78. The van der Waals surface area contributed by atoms with Crippen LogP contribution in [0.1, 0.15) is 19.8 Å². The molecule has 0 saturated carbocycles. The first kappa shape index (κ1) is 15.3. The molecular weight excluding hydrogens is 242 g/mol. The SMILES string of the molecule is CCCC(O)CNC(=O)Nc1ccccc1N(C)C. The number of benzene rings is 1. The summed E-state index contributed by atoms with van der Waals surface area (Å²) in [5.41, 5.74) is 1.68. The van der Waals surface area contributed by atoms with Crippen molar-refractivity contribution < 1.29 is 9.90 Å². The van der Waals surface area contributed by atoms with Gasteiger partial charge in [-0.05, 0) is 18.6 Å². The van der Waals surface area contributed by atoms with E-state index in [4.69, 9.17) is 0 Å². The van der Waals surface area contributed by atoms with Gasteiger partial charge in [-0.1, -0.05) is 25.5 Å². The molecule has 1 rings (SSSR count).